The summed E-state index contributed by atoms with van der Waals surface area (Å²) in [5.74, 6) is -3.23. The second kappa shape index (κ2) is 16.2. The lowest BCUT2D eigenvalue weighted by Gasteiger charge is -2.24. The first kappa shape index (κ1) is 35.5. The van der Waals surface area contributed by atoms with Gasteiger partial charge in [-0.15, -0.1) is 0 Å². The van der Waals surface area contributed by atoms with E-state index in [1.54, 1.807) is 13.1 Å². The Kier molecular flexibility index (Phi) is 11.0. The van der Waals surface area contributed by atoms with E-state index in [0.29, 0.717) is 12.0 Å². The van der Waals surface area contributed by atoms with Gasteiger partial charge < -0.3 is 26.3 Å². The van der Waals surface area contributed by atoms with Crippen LogP contribution in [0.2, 0.25) is 0 Å². The van der Waals surface area contributed by atoms with Crippen molar-refractivity contribution in [2.75, 3.05) is 0 Å². The number of aromatic amines is 1. The van der Waals surface area contributed by atoms with E-state index in [-0.39, 0.29) is 25.3 Å². The first-order valence-electron chi connectivity index (χ1n) is 17.3. The van der Waals surface area contributed by atoms with Gasteiger partial charge in [-0.3, -0.25) is 24.0 Å². The summed E-state index contributed by atoms with van der Waals surface area (Å²) >= 11 is 0. The van der Waals surface area contributed by atoms with Gasteiger partial charge in [0.05, 0.1) is 0 Å². The van der Waals surface area contributed by atoms with Crippen LogP contribution in [0.3, 0.4) is 0 Å². The van der Waals surface area contributed by atoms with E-state index < -0.39 is 41.6 Å². The lowest BCUT2D eigenvalue weighted by Crippen LogP contribution is -2.57. The summed E-state index contributed by atoms with van der Waals surface area (Å²) in [7, 11) is 0. The molecule has 5 N–H and O–H groups in total. The molecule has 0 unspecified atom stereocenters. The smallest absolute Gasteiger partial charge is 0.289 e. The Balaban J connectivity index is 1.20. The molecule has 0 bridgehead atoms. The highest BCUT2D eigenvalue weighted by molar-refractivity contribution is 6.38. The lowest BCUT2D eigenvalue weighted by molar-refractivity contribution is -0.140. The van der Waals surface area contributed by atoms with Crippen molar-refractivity contribution in [1.82, 2.24) is 26.3 Å². The Hall–Kier alpha value is -6.29. The number of rotatable bonds is 14. The molecule has 10 nitrogen and oxygen atoms in total. The standard InChI is InChI=1S/C42H41N5O5/c1-26-32-18-10-9-17-30(32)22-34(26)40(50)45-27(2)39(49)47-37(23-31-25-43-35-20-12-11-19-33(31)35)41(51)46-36(21-28-13-5-3-6-14-28)38(48)42(52)44-24-29-15-7-4-8-16-29/h3-20,25,27,36-37,43H,21-24H2,1-2H3,(H,44,52)(H,45,50)(H,46,51)(H,47,49)/t27-,36-,37-/m0/s1. The first-order chi connectivity index (χ1) is 25.2. The molecule has 1 heterocycles. The molecule has 4 amide bonds. The van der Waals surface area contributed by atoms with Crippen LogP contribution < -0.4 is 21.3 Å². The van der Waals surface area contributed by atoms with Gasteiger partial charge in [-0.1, -0.05) is 103 Å². The molecule has 0 radical (unpaired) electrons. The van der Waals surface area contributed by atoms with Crippen LogP contribution in [0.1, 0.15) is 41.7 Å². The van der Waals surface area contributed by atoms with Crippen molar-refractivity contribution in [3.05, 3.63) is 149 Å². The highest BCUT2D eigenvalue weighted by Gasteiger charge is 2.32. The van der Waals surface area contributed by atoms with Gasteiger partial charge in [0.2, 0.25) is 23.5 Å². The predicted octanol–water partition coefficient (Wildman–Crippen LogP) is 4.34. The van der Waals surface area contributed by atoms with Gasteiger partial charge in [-0.05, 0) is 53.3 Å². The Morgan fingerprint density at radius 2 is 1.33 bits per heavy atom. The molecule has 52 heavy (non-hydrogen) atoms. The average molecular weight is 696 g/mol. The normalized spacial score (nSPS) is 13.8. The number of aromatic nitrogens is 1. The monoisotopic (exact) mass is 695 g/mol. The molecule has 5 aromatic rings. The van der Waals surface area contributed by atoms with E-state index in [4.69, 9.17) is 0 Å². The summed E-state index contributed by atoms with van der Waals surface area (Å²) in [6, 6.07) is 30.3. The molecule has 264 valence electrons. The fraction of sp³-hybridized carbons (Fsp3) is 0.214. The molecule has 6 rings (SSSR count). The van der Waals surface area contributed by atoms with Crippen LogP contribution in [-0.2, 0) is 49.8 Å². The number of carbonyl (C=O) groups excluding carboxylic acids is 5. The number of para-hydroxylation sites is 1. The molecule has 1 aliphatic rings. The largest absolute Gasteiger partial charge is 0.361 e. The zero-order valence-electron chi connectivity index (χ0n) is 29.1. The molecule has 0 saturated carbocycles. The van der Waals surface area contributed by atoms with Crippen LogP contribution >= 0.6 is 0 Å². The van der Waals surface area contributed by atoms with Crippen molar-refractivity contribution in [2.45, 2.75) is 57.8 Å². The molecule has 0 spiro atoms. The number of Topliss-reactive ketones (excluding diaryl/α,β-unsaturated/α-hetero) is 1. The predicted molar refractivity (Wildman–Crippen MR) is 200 cm³/mol. The lowest BCUT2D eigenvalue weighted by atomic mass is 9.99. The van der Waals surface area contributed by atoms with Crippen LogP contribution in [-0.4, -0.2) is 52.5 Å². The summed E-state index contributed by atoms with van der Waals surface area (Å²) < 4.78 is 0. The average Bonchev–Trinajstić information content (AvgIpc) is 3.74. The maximum atomic E-state index is 14.2. The van der Waals surface area contributed by atoms with Gasteiger partial charge in [0.25, 0.3) is 5.91 Å². The number of nitrogens with one attached hydrogen (secondary N) is 5. The number of hydrogen-bond donors (Lipinski definition) is 5. The van der Waals surface area contributed by atoms with Gasteiger partial charge in [-0.2, -0.15) is 0 Å². The number of benzene rings is 4. The Labute approximate surface area is 302 Å². The van der Waals surface area contributed by atoms with Gasteiger partial charge in [-0.25, -0.2) is 0 Å². The highest BCUT2D eigenvalue weighted by atomic mass is 16.2. The summed E-state index contributed by atoms with van der Waals surface area (Å²) in [4.78, 5) is 71.2. The fourth-order valence-electron chi connectivity index (χ4n) is 6.51. The van der Waals surface area contributed by atoms with Gasteiger partial charge in [0.1, 0.15) is 18.1 Å². The van der Waals surface area contributed by atoms with Crippen LogP contribution in [0.5, 0.6) is 0 Å². The molecule has 1 aliphatic carbocycles. The molecule has 10 heteroatoms. The fourth-order valence-corrected chi connectivity index (χ4v) is 6.51. The van der Waals surface area contributed by atoms with Crippen molar-refractivity contribution in [3.63, 3.8) is 0 Å². The number of fused-ring (bicyclic) bond motifs is 2. The van der Waals surface area contributed by atoms with Crippen molar-refractivity contribution < 1.29 is 24.0 Å². The van der Waals surface area contributed by atoms with E-state index in [2.05, 4.69) is 26.3 Å². The number of carbonyl (C=O) groups is 5. The molecule has 4 aromatic carbocycles. The van der Waals surface area contributed by atoms with Crippen LogP contribution in [0.25, 0.3) is 16.5 Å². The molecule has 0 saturated heterocycles. The van der Waals surface area contributed by atoms with E-state index in [0.717, 1.165) is 44.3 Å². The molecule has 3 atom stereocenters. The molecule has 0 fully saturated rings. The minimum atomic E-state index is -1.22. The van der Waals surface area contributed by atoms with Crippen molar-refractivity contribution in [3.8, 4) is 0 Å². The maximum absolute atomic E-state index is 14.2. The third kappa shape index (κ3) is 8.35. The second-order valence-corrected chi connectivity index (χ2v) is 13.0. The summed E-state index contributed by atoms with van der Waals surface area (Å²) in [5, 5.41) is 11.9. The first-order valence-corrected chi connectivity index (χ1v) is 17.3. The zero-order valence-corrected chi connectivity index (χ0v) is 29.1. The van der Waals surface area contributed by atoms with E-state index in [1.165, 1.54) is 0 Å². The summed E-state index contributed by atoms with van der Waals surface area (Å²) in [6.45, 7) is 3.59. The SMILES string of the molecule is CC1=C(C(=O)N[C@@H](C)C(=O)N[C@@H](Cc2c[nH]c3ccccc23)C(=O)N[C@@H](Cc2ccccc2)C(=O)C(=O)NCc2ccccc2)Cc2ccccc21. The van der Waals surface area contributed by atoms with Crippen LogP contribution in [0.15, 0.2) is 121 Å². The molecule has 0 aliphatic heterocycles. The van der Waals surface area contributed by atoms with Crippen molar-refractivity contribution >= 4 is 45.9 Å². The van der Waals surface area contributed by atoms with Crippen LogP contribution in [0, 0.1) is 0 Å². The number of hydrogen-bond acceptors (Lipinski definition) is 5. The summed E-state index contributed by atoms with van der Waals surface area (Å²) in [6.07, 6.45) is 2.37. The van der Waals surface area contributed by atoms with E-state index >= 15 is 0 Å². The number of allylic oxidation sites excluding steroid dienone is 1. The second-order valence-electron chi connectivity index (χ2n) is 13.0. The number of H-pyrrole nitrogens is 1. The Morgan fingerprint density at radius 3 is 2.06 bits per heavy atom. The molecule has 1 aromatic heterocycles. The minimum absolute atomic E-state index is 0.0568. The van der Waals surface area contributed by atoms with Gasteiger partial charge >= 0.3 is 0 Å². The number of amides is 4. The summed E-state index contributed by atoms with van der Waals surface area (Å²) in [5.41, 5.74) is 6.68. The third-order valence-corrected chi connectivity index (χ3v) is 9.42. The van der Waals surface area contributed by atoms with E-state index in [1.807, 2.05) is 116 Å². The van der Waals surface area contributed by atoms with Gasteiger partial charge in [0, 0.05) is 48.5 Å². The Bertz CT molecular complexity index is 2140. The zero-order chi connectivity index (χ0) is 36.6. The Morgan fingerprint density at radius 1 is 0.692 bits per heavy atom. The van der Waals surface area contributed by atoms with Crippen molar-refractivity contribution in [1.29, 1.82) is 0 Å². The van der Waals surface area contributed by atoms with Crippen molar-refractivity contribution in [2.24, 2.45) is 0 Å². The topological polar surface area (TPSA) is 149 Å². The number of ketones is 1. The molecular weight excluding hydrogens is 654 g/mol. The van der Waals surface area contributed by atoms with Gasteiger partial charge in [0.15, 0.2) is 0 Å². The molecular formula is C42H41N5O5. The highest BCUT2D eigenvalue weighted by Crippen LogP contribution is 2.32. The quantitative estimate of drug-likeness (QED) is 0.110. The third-order valence-electron chi connectivity index (χ3n) is 9.42. The van der Waals surface area contributed by atoms with E-state index in [9.17, 15) is 24.0 Å². The van der Waals surface area contributed by atoms with Crippen LogP contribution in [0.4, 0.5) is 0 Å². The minimum Gasteiger partial charge on any atom is -0.361 e. The maximum Gasteiger partial charge on any atom is 0.289 e.